The van der Waals surface area contributed by atoms with Gasteiger partial charge in [-0.2, -0.15) is 0 Å². The molecule has 0 N–H and O–H groups in total. The van der Waals surface area contributed by atoms with Gasteiger partial charge in [-0.25, -0.2) is 4.98 Å². The number of aromatic nitrogens is 2. The lowest BCUT2D eigenvalue weighted by Crippen LogP contribution is -2.41. The van der Waals surface area contributed by atoms with E-state index in [0.717, 1.165) is 31.4 Å². The number of fused-ring (bicyclic) bond motifs is 1. The standard InChI is InChI=1S/C21H21N3O2/c25-20-14-22-18-8-4-5-9-19(18)24(20)15-21(26)23-12-10-17(11-13-23)16-6-2-1-3-7-16/h1-9,14,17H,10-13,15H2. The Morgan fingerprint density at radius 3 is 2.46 bits per heavy atom. The van der Waals surface area contributed by atoms with Crippen LogP contribution in [0, 0.1) is 0 Å². The zero-order valence-electron chi connectivity index (χ0n) is 14.5. The molecule has 5 nitrogen and oxygen atoms in total. The van der Waals surface area contributed by atoms with Gasteiger partial charge in [-0.15, -0.1) is 0 Å². The highest BCUT2D eigenvalue weighted by Crippen LogP contribution is 2.27. The molecular weight excluding hydrogens is 326 g/mol. The number of para-hydroxylation sites is 2. The highest BCUT2D eigenvalue weighted by atomic mass is 16.2. The number of hydrogen-bond donors (Lipinski definition) is 0. The van der Waals surface area contributed by atoms with Gasteiger partial charge in [0, 0.05) is 13.1 Å². The quantitative estimate of drug-likeness (QED) is 0.732. The zero-order chi connectivity index (χ0) is 17.9. The number of likely N-dealkylation sites (tertiary alicyclic amines) is 1. The van der Waals surface area contributed by atoms with Crippen molar-refractivity contribution >= 4 is 16.9 Å². The van der Waals surface area contributed by atoms with Crippen molar-refractivity contribution in [2.24, 2.45) is 0 Å². The first kappa shape index (κ1) is 16.5. The molecule has 0 spiro atoms. The summed E-state index contributed by atoms with van der Waals surface area (Å²) in [7, 11) is 0. The van der Waals surface area contributed by atoms with Gasteiger partial charge >= 0.3 is 0 Å². The first-order valence-electron chi connectivity index (χ1n) is 8.99. The number of amides is 1. The second-order valence-electron chi connectivity index (χ2n) is 6.74. The van der Waals surface area contributed by atoms with E-state index in [1.165, 1.54) is 16.3 Å². The van der Waals surface area contributed by atoms with Crippen molar-refractivity contribution in [2.75, 3.05) is 13.1 Å². The van der Waals surface area contributed by atoms with Crippen molar-refractivity contribution in [3.63, 3.8) is 0 Å². The number of rotatable bonds is 3. The van der Waals surface area contributed by atoms with Gasteiger partial charge in [0.2, 0.25) is 5.91 Å². The van der Waals surface area contributed by atoms with Crippen molar-refractivity contribution in [2.45, 2.75) is 25.3 Å². The van der Waals surface area contributed by atoms with E-state index >= 15 is 0 Å². The molecular formula is C21H21N3O2. The summed E-state index contributed by atoms with van der Waals surface area (Å²) in [5, 5.41) is 0. The second kappa shape index (κ2) is 7.12. The van der Waals surface area contributed by atoms with Crippen LogP contribution in [0.2, 0.25) is 0 Å². The summed E-state index contributed by atoms with van der Waals surface area (Å²) in [4.78, 5) is 31.0. The van der Waals surface area contributed by atoms with Crippen LogP contribution in [-0.2, 0) is 11.3 Å². The Morgan fingerprint density at radius 1 is 1.00 bits per heavy atom. The highest BCUT2D eigenvalue weighted by molar-refractivity contribution is 5.80. The lowest BCUT2D eigenvalue weighted by Gasteiger charge is -2.32. The molecule has 1 saturated heterocycles. The van der Waals surface area contributed by atoms with Crippen molar-refractivity contribution in [1.82, 2.24) is 14.5 Å². The number of hydrogen-bond acceptors (Lipinski definition) is 3. The highest BCUT2D eigenvalue weighted by Gasteiger charge is 2.24. The maximum absolute atomic E-state index is 12.8. The Kier molecular flexibility index (Phi) is 4.52. The third kappa shape index (κ3) is 3.25. The second-order valence-corrected chi connectivity index (χ2v) is 6.74. The molecule has 0 saturated carbocycles. The van der Waals surface area contributed by atoms with E-state index in [1.54, 1.807) is 0 Å². The lowest BCUT2D eigenvalue weighted by molar-refractivity contribution is -0.132. The van der Waals surface area contributed by atoms with E-state index in [4.69, 9.17) is 0 Å². The molecule has 0 radical (unpaired) electrons. The molecule has 2 aromatic carbocycles. The predicted molar refractivity (Wildman–Crippen MR) is 101 cm³/mol. The molecule has 5 heteroatoms. The van der Waals surface area contributed by atoms with E-state index in [1.807, 2.05) is 35.2 Å². The molecule has 1 fully saturated rings. The van der Waals surface area contributed by atoms with Crippen LogP contribution in [0.1, 0.15) is 24.3 Å². The summed E-state index contributed by atoms with van der Waals surface area (Å²) >= 11 is 0. The fourth-order valence-corrected chi connectivity index (χ4v) is 3.70. The molecule has 2 heterocycles. The fourth-order valence-electron chi connectivity index (χ4n) is 3.70. The summed E-state index contributed by atoms with van der Waals surface area (Å²) in [6, 6.07) is 17.9. The summed E-state index contributed by atoms with van der Waals surface area (Å²) in [5.41, 5.74) is 2.53. The van der Waals surface area contributed by atoms with Gasteiger partial charge in [0.25, 0.3) is 5.56 Å². The molecule has 0 bridgehead atoms. The lowest BCUT2D eigenvalue weighted by atomic mass is 9.89. The van der Waals surface area contributed by atoms with Gasteiger partial charge in [-0.3, -0.25) is 14.2 Å². The van der Waals surface area contributed by atoms with Crippen LogP contribution < -0.4 is 5.56 Å². The SMILES string of the molecule is O=C(Cn1c(=O)cnc2ccccc21)N1CCC(c2ccccc2)CC1. The maximum Gasteiger partial charge on any atom is 0.269 e. The third-order valence-corrected chi connectivity index (χ3v) is 5.16. The van der Waals surface area contributed by atoms with Gasteiger partial charge in [-0.05, 0) is 36.5 Å². The summed E-state index contributed by atoms with van der Waals surface area (Å²) in [6.45, 7) is 1.53. The van der Waals surface area contributed by atoms with Gasteiger partial charge < -0.3 is 4.90 Å². The van der Waals surface area contributed by atoms with Gasteiger partial charge in [0.1, 0.15) is 6.54 Å². The first-order chi connectivity index (χ1) is 12.7. The Labute approximate surface area is 151 Å². The van der Waals surface area contributed by atoms with Crippen LogP contribution in [0.25, 0.3) is 11.0 Å². The largest absolute Gasteiger partial charge is 0.341 e. The Balaban J connectivity index is 1.47. The number of nitrogens with zero attached hydrogens (tertiary/aromatic N) is 3. The summed E-state index contributed by atoms with van der Waals surface area (Å²) in [5.74, 6) is 0.500. The van der Waals surface area contributed by atoms with E-state index in [2.05, 4.69) is 29.2 Å². The minimum atomic E-state index is -0.240. The molecule has 3 aromatic rings. The van der Waals surface area contributed by atoms with Crippen LogP contribution in [0.5, 0.6) is 0 Å². The minimum Gasteiger partial charge on any atom is -0.341 e. The molecule has 132 valence electrons. The molecule has 1 aliphatic rings. The van der Waals surface area contributed by atoms with Crippen molar-refractivity contribution in [3.8, 4) is 0 Å². The van der Waals surface area contributed by atoms with Gasteiger partial charge in [0.05, 0.1) is 17.2 Å². The topological polar surface area (TPSA) is 55.2 Å². The molecule has 26 heavy (non-hydrogen) atoms. The van der Waals surface area contributed by atoms with Crippen LogP contribution in [-0.4, -0.2) is 33.4 Å². The normalized spacial score (nSPS) is 15.3. The Hall–Kier alpha value is -2.95. The molecule has 1 aromatic heterocycles. The molecule has 4 rings (SSSR count). The molecule has 0 unspecified atom stereocenters. The number of benzene rings is 2. The average Bonchev–Trinajstić information content (AvgIpc) is 2.71. The van der Waals surface area contributed by atoms with Crippen LogP contribution in [0.15, 0.2) is 65.6 Å². The van der Waals surface area contributed by atoms with E-state index in [0.29, 0.717) is 11.4 Å². The van der Waals surface area contributed by atoms with Gasteiger partial charge in [-0.1, -0.05) is 42.5 Å². The molecule has 0 atom stereocenters. The summed E-state index contributed by atoms with van der Waals surface area (Å²) in [6.07, 6.45) is 3.21. The van der Waals surface area contributed by atoms with Crippen molar-refractivity contribution < 1.29 is 4.79 Å². The van der Waals surface area contributed by atoms with Crippen LogP contribution in [0.4, 0.5) is 0 Å². The number of piperidine rings is 1. The van der Waals surface area contributed by atoms with E-state index in [-0.39, 0.29) is 18.0 Å². The smallest absolute Gasteiger partial charge is 0.269 e. The van der Waals surface area contributed by atoms with E-state index < -0.39 is 0 Å². The number of carbonyl (C=O) groups excluding carboxylic acids is 1. The fraction of sp³-hybridized carbons (Fsp3) is 0.286. The minimum absolute atomic E-state index is 0.00466. The predicted octanol–water partition coefficient (Wildman–Crippen LogP) is 2.80. The number of carbonyl (C=O) groups is 1. The van der Waals surface area contributed by atoms with Crippen LogP contribution in [0.3, 0.4) is 0 Å². The first-order valence-corrected chi connectivity index (χ1v) is 8.99. The van der Waals surface area contributed by atoms with E-state index in [9.17, 15) is 9.59 Å². The molecule has 0 aliphatic carbocycles. The van der Waals surface area contributed by atoms with Crippen LogP contribution >= 0.6 is 0 Å². The monoisotopic (exact) mass is 347 g/mol. The third-order valence-electron chi connectivity index (χ3n) is 5.16. The van der Waals surface area contributed by atoms with Crippen molar-refractivity contribution in [3.05, 3.63) is 76.7 Å². The summed E-state index contributed by atoms with van der Waals surface area (Å²) < 4.78 is 1.52. The maximum atomic E-state index is 12.8. The molecule has 1 amide bonds. The Bertz CT molecular complexity index is 973. The molecule has 1 aliphatic heterocycles. The Morgan fingerprint density at radius 2 is 1.69 bits per heavy atom. The van der Waals surface area contributed by atoms with Gasteiger partial charge in [0.15, 0.2) is 0 Å². The van der Waals surface area contributed by atoms with Crippen molar-refractivity contribution in [1.29, 1.82) is 0 Å². The average molecular weight is 347 g/mol. The zero-order valence-corrected chi connectivity index (χ0v) is 14.5.